The van der Waals surface area contributed by atoms with Crippen molar-refractivity contribution in [3.8, 4) is 5.75 Å². The first-order valence-electron chi connectivity index (χ1n) is 8.01. The Hall–Kier alpha value is -1.48. The number of benzene rings is 1. The molecule has 1 saturated carbocycles. The Bertz CT molecular complexity index is 598. The molecule has 0 bridgehead atoms. The largest absolute Gasteiger partial charge is 0.493 e. The third-order valence-electron chi connectivity index (χ3n) is 4.79. The van der Waals surface area contributed by atoms with Crippen LogP contribution < -0.4 is 10.1 Å². The molecule has 3 nitrogen and oxygen atoms in total. The van der Waals surface area contributed by atoms with Crippen LogP contribution >= 0.6 is 0 Å². The number of methoxy groups -OCH3 is 1. The first kappa shape index (κ1) is 14.5. The average Bonchev–Trinajstić information content (AvgIpc) is 3.15. The fraction of sp³-hybridized carbons (Fsp3) is 0.556. The zero-order valence-electron chi connectivity index (χ0n) is 13.2. The Kier molecular flexibility index (Phi) is 4.20. The molecule has 0 aliphatic heterocycles. The molecule has 0 saturated heterocycles. The summed E-state index contributed by atoms with van der Waals surface area (Å²) in [6.45, 7) is 4.48. The summed E-state index contributed by atoms with van der Waals surface area (Å²) in [5.74, 6) is 2.60. The molecule has 1 aromatic heterocycles. The highest BCUT2D eigenvalue weighted by molar-refractivity contribution is 5.83. The predicted molar refractivity (Wildman–Crippen MR) is 85.7 cm³/mol. The van der Waals surface area contributed by atoms with E-state index in [1.807, 2.05) is 12.1 Å². The van der Waals surface area contributed by atoms with Gasteiger partial charge in [-0.1, -0.05) is 25.0 Å². The van der Waals surface area contributed by atoms with Crippen LogP contribution in [0.5, 0.6) is 5.75 Å². The molecule has 2 atom stereocenters. The Morgan fingerprint density at radius 3 is 2.71 bits per heavy atom. The first-order chi connectivity index (χ1) is 10.2. The topological polar surface area (TPSA) is 34.4 Å². The van der Waals surface area contributed by atoms with Gasteiger partial charge in [-0.15, -0.1) is 0 Å². The Morgan fingerprint density at radius 2 is 2.00 bits per heavy atom. The van der Waals surface area contributed by atoms with E-state index in [9.17, 15) is 0 Å². The molecule has 0 radical (unpaired) electrons. The summed E-state index contributed by atoms with van der Waals surface area (Å²) in [6, 6.07) is 8.89. The second kappa shape index (κ2) is 6.10. The molecule has 1 fully saturated rings. The molecule has 114 valence electrons. The van der Waals surface area contributed by atoms with E-state index in [2.05, 4.69) is 31.3 Å². The van der Waals surface area contributed by atoms with Crippen LogP contribution in [0.4, 0.5) is 0 Å². The molecule has 0 spiro atoms. The van der Waals surface area contributed by atoms with Crippen LogP contribution in [0.15, 0.2) is 28.7 Å². The lowest BCUT2D eigenvalue weighted by Gasteiger charge is -2.23. The van der Waals surface area contributed by atoms with Gasteiger partial charge in [0.1, 0.15) is 5.76 Å². The van der Waals surface area contributed by atoms with Gasteiger partial charge in [0.05, 0.1) is 13.2 Å². The van der Waals surface area contributed by atoms with Crippen LogP contribution in [0, 0.1) is 5.92 Å². The number of hydrogen-bond acceptors (Lipinski definition) is 3. The van der Waals surface area contributed by atoms with Gasteiger partial charge in [0.2, 0.25) is 0 Å². The van der Waals surface area contributed by atoms with E-state index in [0.717, 1.165) is 28.4 Å². The SMILES string of the molecule is COc1cccc2cc(C(C)NC(C)C3CCCC3)oc12. The first-order valence-corrected chi connectivity index (χ1v) is 8.01. The average molecular weight is 287 g/mol. The smallest absolute Gasteiger partial charge is 0.176 e. The molecule has 3 heteroatoms. The summed E-state index contributed by atoms with van der Waals surface area (Å²) in [5, 5.41) is 4.81. The molecule has 1 aliphatic rings. The highest BCUT2D eigenvalue weighted by Crippen LogP contribution is 2.32. The van der Waals surface area contributed by atoms with Crippen molar-refractivity contribution in [2.24, 2.45) is 5.92 Å². The van der Waals surface area contributed by atoms with Gasteiger partial charge in [0.25, 0.3) is 0 Å². The minimum absolute atomic E-state index is 0.220. The quantitative estimate of drug-likeness (QED) is 0.867. The van der Waals surface area contributed by atoms with Crippen molar-refractivity contribution < 1.29 is 9.15 Å². The van der Waals surface area contributed by atoms with Crippen molar-refractivity contribution in [3.05, 3.63) is 30.0 Å². The highest BCUT2D eigenvalue weighted by atomic mass is 16.5. The van der Waals surface area contributed by atoms with Crippen LogP contribution in [-0.4, -0.2) is 13.2 Å². The van der Waals surface area contributed by atoms with E-state index >= 15 is 0 Å². The maximum atomic E-state index is 6.03. The lowest BCUT2D eigenvalue weighted by molar-refractivity contribution is 0.329. The van der Waals surface area contributed by atoms with E-state index in [1.165, 1.54) is 25.7 Å². The number of furan rings is 1. The molecule has 2 unspecified atom stereocenters. The minimum atomic E-state index is 0.220. The van der Waals surface area contributed by atoms with Crippen molar-refractivity contribution in [2.45, 2.75) is 51.6 Å². The Morgan fingerprint density at radius 1 is 1.24 bits per heavy atom. The van der Waals surface area contributed by atoms with Crippen LogP contribution in [0.25, 0.3) is 11.0 Å². The van der Waals surface area contributed by atoms with Crippen LogP contribution in [-0.2, 0) is 0 Å². The number of para-hydroxylation sites is 1. The van der Waals surface area contributed by atoms with E-state index in [4.69, 9.17) is 9.15 Å². The van der Waals surface area contributed by atoms with Gasteiger partial charge in [-0.2, -0.15) is 0 Å². The van der Waals surface area contributed by atoms with Crippen LogP contribution in [0.3, 0.4) is 0 Å². The van der Waals surface area contributed by atoms with Crippen molar-refractivity contribution in [3.63, 3.8) is 0 Å². The molecular formula is C18H25NO2. The normalized spacial score (nSPS) is 19.0. The molecular weight excluding hydrogens is 262 g/mol. The van der Waals surface area contributed by atoms with Gasteiger partial charge < -0.3 is 14.5 Å². The molecule has 1 N–H and O–H groups in total. The van der Waals surface area contributed by atoms with E-state index < -0.39 is 0 Å². The van der Waals surface area contributed by atoms with Crippen molar-refractivity contribution >= 4 is 11.0 Å². The Labute approximate surface area is 126 Å². The number of rotatable bonds is 5. The number of hydrogen-bond donors (Lipinski definition) is 1. The molecule has 1 heterocycles. The van der Waals surface area contributed by atoms with Crippen molar-refractivity contribution in [2.75, 3.05) is 7.11 Å². The minimum Gasteiger partial charge on any atom is -0.493 e. The van der Waals surface area contributed by atoms with Gasteiger partial charge in [-0.25, -0.2) is 0 Å². The number of ether oxygens (including phenoxy) is 1. The summed E-state index contributed by atoms with van der Waals surface area (Å²) in [7, 11) is 1.68. The highest BCUT2D eigenvalue weighted by Gasteiger charge is 2.24. The van der Waals surface area contributed by atoms with Crippen molar-refractivity contribution in [1.29, 1.82) is 0 Å². The molecule has 2 aromatic rings. The zero-order chi connectivity index (χ0) is 14.8. The zero-order valence-corrected chi connectivity index (χ0v) is 13.2. The lowest BCUT2D eigenvalue weighted by Crippen LogP contribution is -2.34. The maximum Gasteiger partial charge on any atom is 0.176 e. The summed E-state index contributed by atoms with van der Waals surface area (Å²) in [4.78, 5) is 0. The second-order valence-electron chi connectivity index (χ2n) is 6.25. The standard InChI is InChI=1S/C18H25NO2/c1-12(14-7-4-5-8-14)19-13(2)17-11-15-9-6-10-16(20-3)18(15)21-17/h6,9-14,19H,4-5,7-8H2,1-3H3. The van der Waals surface area contributed by atoms with Gasteiger partial charge in [0, 0.05) is 11.4 Å². The lowest BCUT2D eigenvalue weighted by atomic mass is 9.99. The van der Waals surface area contributed by atoms with Gasteiger partial charge in [-0.05, 0) is 44.7 Å². The van der Waals surface area contributed by atoms with Gasteiger partial charge in [-0.3, -0.25) is 0 Å². The number of nitrogens with one attached hydrogen (secondary N) is 1. The summed E-state index contributed by atoms with van der Waals surface area (Å²) in [6.07, 6.45) is 5.48. The number of fused-ring (bicyclic) bond motifs is 1. The maximum absolute atomic E-state index is 6.03. The summed E-state index contributed by atoms with van der Waals surface area (Å²) in [5.41, 5.74) is 0.845. The van der Waals surface area contributed by atoms with Crippen molar-refractivity contribution in [1.82, 2.24) is 5.32 Å². The van der Waals surface area contributed by atoms with Crippen LogP contribution in [0.1, 0.15) is 51.3 Å². The molecule has 21 heavy (non-hydrogen) atoms. The fourth-order valence-corrected chi connectivity index (χ4v) is 3.50. The predicted octanol–water partition coefficient (Wildman–Crippen LogP) is 4.67. The van der Waals surface area contributed by atoms with E-state index in [0.29, 0.717) is 6.04 Å². The Balaban J connectivity index is 1.76. The fourth-order valence-electron chi connectivity index (χ4n) is 3.50. The molecule has 1 aliphatic carbocycles. The molecule has 3 rings (SSSR count). The van der Waals surface area contributed by atoms with E-state index in [1.54, 1.807) is 7.11 Å². The van der Waals surface area contributed by atoms with Gasteiger partial charge in [0.15, 0.2) is 11.3 Å². The molecule has 0 amide bonds. The summed E-state index contributed by atoms with van der Waals surface area (Å²) >= 11 is 0. The third kappa shape index (κ3) is 2.93. The van der Waals surface area contributed by atoms with E-state index in [-0.39, 0.29) is 6.04 Å². The molecule has 1 aromatic carbocycles. The second-order valence-corrected chi connectivity index (χ2v) is 6.25. The van der Waals surface area contributed by atoms with Gasteiger partial charge >= 0.3 is 0 Å². The third-order valence-corrected chi connectivity index (χ3v) is 4.79. The van der Waals surface area contributed by atoms with Crippen LogP contribution in [0.2, 0.25) is 0 Å². The summed E-state index contributed by atoms with van der Waals surface area (Å²) < 4.78 is 11.4. The monoisotopic (exact) mass is 287 g/mol.